The van der Waals surface area contributed by atoms with Crippen molar-refractivity contribution < 1.29 is 9.53 Å². The maximum absolute atomic E-state index is 12.3. The van der Waals surface area contributed by atoms with E-state index in [1.807, 2.05) is 36.4 Å². The molecule has 0 saturated carbocycles. The van der Waals surface area contributed by atoms with Crippen LogP contribution in [0.4, 0.5) is 11.5 Å². The summed E-state index contributed by atoms with van der Waals surface area (Å²) in [5.41, 5.74) is 1.03. The third-order valence-corrected chi connectivity index (χ3v) is 4.92. The van der Waals surface area contributed by atoms with Gasteiger partial charge in [-0.1, -0.05) is 31.5 Å². The Balaban J connectivity index is 1.75. The number of rotatable bonds is 7. The van der Waals surface area contributed by atoms with Gasteiger partial charge in [0.1, 0.15) is 0 Å². The van der Waals surface area contributed by atoms with Crippen molar-refractivity contribution in [3.8, 4) is 0 Å². The van der Waals surface area contributed by atoms with Crippen LogP contribution in [0.1, 0.15) is 43.1 Å². The molecule has 1 fully saturated rings. The molecule has 1 atom stereocenters. The molecule has 6 heteroatoms. The highest BCUT2D eigenvalue weighted by atomic mass is 16.5. The zero-order chi connectivity index (χ0) is 18.4. The summed E-state index contributed by atoms with van der Waals surface area (Å²) in [4.78, 5) is 14.6. The molecule has 1 N–H and O–H groups in total. The van der Waals surface area contributed by atoms with E-state index < -0.39 is 0 Å². The van der Waals surface area contributed by atoms with E-state index >= 15 is 0 Å². The zero-order valence-electron chi connectivity index (χ0n) is 15.4. The van der Waals surface area contributed by atoms with Gasteiger partial charge in [-0.2, -0.15) is 0 Å². The van der Waals surface area contributed by atoms with Gasteiger partial charge in [0.15, 0.2) is 11.5 Å². The van der Waals surface area contributed by atoms with Gasteiger partial charge in [-0.15, -0.1) is 10.2 Å². The van der Waals surface area contributed by atoms with Gasteiger partial charge in [-0.05, 0) is 43.5 Å². The zero-order valence-corrected chi connectivity index (χ0v) is 15.4. The Morgan fingerprint density at radius 3 is 2.69 bits per heavy atom. The predicted molar refractivity (Wildman–Crippen MR) is 103 cm³/mol. The van der Waals surface area contributed by atoms with E-state index in [4.69, 9.17) is 4.74 Å². The summed E-state index contributed by atoms with van der Waals surface area (Å²) >= 11 is 0. The summed E-state index contributed by atoms with van der Waals surface area (Å²) in [5.74, 6) is 0.553. The third kappa shape index (κ3) is 3.85. The molecule has 3 rings (SSSR count). The highest BCUT2D eigenvalue weighted by molar-refractivity contribution is 6.02. The normalized spacial score (nSPS) is 19.5. The second-order valence-electron chi connectivity index (χ2n) is 6.76. The van der Waals surface area contributed by atoms with Crippen LogP contribution < -0.4 is 10.2 Å². The Morgan fingerprint density at radius 1 is 1.23 bits per heavy atom. The molecule has 1 aliphatic rings. The van der Waals surface area contributed by atoms with Crippen molar-refractivity contribution in [3.05, 3.63) is 48.2 Å². The lowest BCUT2D eigenvalue weighted by atomic mass is 9.91. The van der Waals surface area contributed by atoms with E-state index in [2.05, 4.69) is 27.3 Å². The van der Waals surface area contributed by atoms with Crippen LogP contribution in [-0.2, 0) is 4.74 Å². The number of carbonyl (C=O) groups excluding carboxylic acids is 1. The molecule has 2 heterocycles. The van der Waals surface area contributed by atoms with E-state index in [0.717, 1.165) is 43.7 Å². The van der Waals surface area contributed by atoms with Crippen molar-refractivity contribution in [1.29, 1.82) is 0 Å². The number of anilines is 2. The van der Waals surface area contributed by atoms with Gasteiger partial charge >= 0.3 is 0 Å². The maximum Gasteiger partial charge on any atom is 0.276 e. The number of aromatic nitrogens is 2. The summed E-state index contributed by atoms with van der Waals surface area (Å²) in [5, 5.41) is 11.3. The first-order chi connectivity index (χ1) is 12.7. The van der Waals surface area contributed by atoms with Crippen molar-refractivity contribution in [2.45, 2.75) is 38.1 Å². The van der Waals surface area contributed by atoms with Crippen molar-refractivity contribution in [1.82, 2.24) is 10.2 Å². The number of methoxy groups -OCH3 is 1. The second kappa shape index (κ2) is 8.27. The van der Waals surface area contributed by atoms with E-state index in [1.165, 1.54) is 0 Å². The fourth-order valence-corrected chi connectivity index (χ4v) is 3.82. The molecule has 1 aromatic heterocycles. The molecular weight excluding hydrogens is 328 g/mol. The van der Waals surface area contributed by atoms with Gasteiger partial charge in [0, 0.05) is 19.3 Å². The summed E-state index contributed by atoms with van der Waals surface area (Å²) in [6.07, 6.45) is 4.34. The second-order valence-corrected chi connectivity index (χ2v) is 6.76. The number of ether oxygens (including phenoxy) is 1. The molecule has 1 saturated heterocycles. The van der Waals surface area contributed by atoms with Crippen LogP contribution in [0, 0.1) is 0 Å². The minimum atomic E-state index is -0.256. The Kier molecular flexibility index (Phi) is 5.83. The fourth-order valence-electron chi connectivity index (χ4n) is 3.82. The van der Waals surface area contributed by atoms with Crippen molar-refractivity contribution in [2.24, 2.45) is 0 Å². The number of hydrogen-bond donors (Lipinski definition) is 1. The SMILES string of the molecule is CCCC1(COC)CCCN1c1ccc(C(=O)Nc2ccccc2)nn1. The lowest BCUT2D eigenvalue weighted by molar-refractivity contribution is 0.102. The highest BCUT2D eigenvalue weighted by Crippen LogP contribution is 2.36. The van der Waals surface area contributed by atoms with Crippen LogP contribution in [0.5, 0.6) is 0 Å². The van der Waals surface area contributed by atoms with Gasteiger partial charge in [0.2, 0.25) is 0 Å². The van der Waals surface area contributed by atoms with Crippen LogP contribution in [0.15, 0.2) is 42.5 Å². The topological polar surface area (TPSA) is 67.3 Å². The Bertz CT molecular complexity index is 712. The van der Waals surface area contributed by atoms with Crippen molar-refractivity contribution >= 4 is 17.4 Å². The number of amides is 1. The smallest absolute Gasteiger partial charge is 0.276 e. The maximum atomic E-state index is 12.3. The molecule has 1 aliphatic heterocycles. The van der Waals surface area contributed by atoms with Crippen LogP contribution in [0.3, 0.4) is 0 Å². The fraction of sp³-hybridized carbons (Fsp3) is 0.450. The van der Waals surface area contributed by atoms with Crippen LogP contribution in [0.25, 0.3) is 0 Å². The van der Waals surface area contributed by atoms with E-state index in [-0.39, 0.29) is 11.4 Å². The first-order valence-corrected chi connectivity index (χ1v) is 9.15. The Morgan fingerprint density at radius 2 is 2.04 bits per heavy atom. The molecule has 2 aromatic rings. The minimum Gasteiger partial charge on any atom is -0.382 e. The van der Waals surface area contributed by atoms with Gasteiger partial charge in [0.05, 0.1) is 12.1 Å². The van der Waals surface area contributed by atoms with Crippen LogP contribution in [0.2, 0.25) is 0 Å². The van der Waals surface area contributed by atoms with Gasteiger partial charge < -0.3 is 15.0 Å². The summed E-state index contributed by atoms with van der Waals surface area (Å²) < 4.78 is 5.51. The van der Waals surface area contributed by atoms with Gasteiger partial charge in [-0.3, -0.25) is 4.79 Å². The molecule has 1 amide bonds. The molecule has 0 radical (unpaired) electrons. The summed E-state index contributed by atoms with van der Waals surface area (Å²) in [6, 6.07) is 13.0. The monoisotopic (exact) mass is 354 g/mol. The third-order valence-electron chi connectivity index (χ3n) is 4.92. The Hall–Kier alpha value is -2.47. The van der Waals surface area contributed by atoms with Crippen LogP contribution in [-0.4, -0.2) is 41.9 Å². The van der Waals surface area contributed by atoms with E-state index in [0.29, 0.717) is 12.3 Å². The molecule has 0 bridgehead atoms. The summed E-state index contributed by atoms with van der Waals surface area (Å²) in [7, 11) is 1.75. The predicted octanol–water partition coefficient (Wildman–Crippen LogP) is 3.51. The average molecular weight is 354 g/mol. The van der Waals surface area contributed by atoms with Crippen molar-refractivity contribution in [2.75, 3.05) is 30.5 Å². The molecule has 26 heavy (non-hydrogen) atoms. The van der Waals surface area contributed by atoms with Gasteiger partial charge in [0.25, 0.3) is 5.91 Å². The average Bonchev–Trinajstić information content (AvgIpc) is 3.06. The molecule has 1 unspecified atom stereocenters. The molecular formula is C20H26N4O2. The number of carbonyl (C=O) groups is 1. The number of nitrogens with one attached hydrogen (secondary N) is 1. The molecule has 1 aromatic carbocycles. The first-order valence-electron chi connectivity index (χ1n) is 9.15. The first kappa shape index (κ1) is 18.3. The van der Waals surface area contributed by atoms with Crippen molar-refractivity contribution in [3.63, 3.8) is 0 Å². The largest absolute Gasteiger partial charge is 0.382 e. The van der Waals surface area contributed by atoms with E-state index in [9.17, 15) is 4.79 Å². The summed E-state index contributed by atoms with van der Waals surface area (Å²) in [6.45, 7) is 3.81. The van der Waals surface area contributed by atoms with E-state index in [1.54, 1.807) is 13.2 Å². The number of hydrogen-bond acceptors (Lipinski definition) is 5. The minimum absolute atomic E-state index is 0.0218. The molecule has 0 aliphatic carbocycles. The van der Waals surface area contributed by atoms with Crippen LogP contribution >= 0.6 is 0 Å². The number of para-hydroxylation sites is 1. The number of benzene rings is 1. The number of nitrogens with zero attached hydrogens (tertiary/aromatic N) is 3. The molecule has 138 valence electrons. The lowest BCUT2D eigenvalue weighted by Gasteiger charge is -2.38. The lowest BCUT2D eigenvalue weighted by Crippen LogP contribution is -2.48. The Labute approximate surface area is 154 Å². The molecule has 0 spiro atoms. The van der Waals surface area contributed by atoms with Gasteiger partial charge in [-0.25, -0.2) is 0 Å². The highest BCUT2D eigenvalue weighted by Gasteiger charge is 2.41. The standard InChI is InChI=1S/C20H26N4O2/c1-3-12-20(15-26-2)13-7-14-24(20)18-11-10-17(22-23-18)19(25)21-16-8-5-4-6-9-16/h4-6,8-11H,3,7,12-15H2,1-2H3,(H,21,25). The quantitative estimate of drug-likeness (QED) is 0.824. The molecule has 6 nitrogen and oxygen atoms in total.